The number of para-hydroxylation sites is 1. The first-order valence-corrected chi connectivity index (χ1v) is 10.9. The Bertz CT molecular complexity index is 866. The highest BCUT2D eigenvalue weighted by Gasteiger charge is 2.22. The Morgan fingerprint density at radius 3 is 2.27 bits per heavy atom. The summed E-state index contributed by atoms with van der Waals surface area (Å²) in [4.78, 5) is 41.8. The van der Waals surface area contributed by atoms with Crippen LogP contribution in [0.1, 0.15) is 44.5 Å². The lowest BCUT2D eigenvalue weighted by Crippen LogP contribution is -2.34. The third-order valence-electron chi connectivity index (χ3n) is 5.49. The quantitative estimate of drug-likeness (QED) is 0.329. The van der Waals surface area contributed by atoms with E-state index in [2.05, 4.69) is 24.1 Å². The Kier molecular flexibility index (Phi) is 9.05. The van der Waals surface area contributed by atoms with Gasteiger partial charge in [0.25, 0.3) is 11.7 Å². The number of ketones is 1. The largest absolute Gasteiger partial charge is 0.349 e. The van der Waals surface area contributed by atoms with Crippen LogP contribution >= 0.6 is 0 Å². The average Bonchev–Trinajstić information content (AvgIpc) is 3.12. The summed E-state index contributed by atoms with van der Waals surface area (Å²) in [5.41, 5.74) is 1.11. The zero-order valence-corrected chi connectivity index (χ0v) is 18.6. The van der Waals surface area contributed by atoms with Crippen molar-refractivity contribution in [3.63, 3.8) is 0 Å². The Morgan fingerprint density at radius 1 is 0.967 bits per heavy atom. The highest BCUT2D eigenvalue weighted by atomic mass is 16.2. The summed E-state index contributed by atoms with van der Waals surface area (Å²) in [6.45, 7) is 12.8. The van der Waals surface area contributed by atoms with E-state index in [1.807, 2.05) is 38.1 Å². The Balaban J connectivity index is 2.12. The number of nitrogens with one attached hydrogen (secondary N) is 1. The number of carbonyl (C=O) groups excluding carboxylic acids is 3. The molecule has 1 aromatic carbocycles. The van der Waals surface area contributed by atoms with Crippen LogP contribution in [0.2, 0.25) is 0 Å². The molecule has 0 radical (unpaired) electrons. The van der Waals surface area contributed by atoms with Crippen molar-refractivity contribution in [3.05, 3.63) is 36.0 Å². The maximum absolute atomic E-state index is 12.8. The second kappa shape index (κ2) is 11.5. The van der Waals surface area contributed by atoms with Gasteiger partial charge in [0.1, 0.15) is 6.54 Å². The van der Waals surface area contributed by atoms with E-state index in [4.69, 9.17) is 0 Å². The number of amides is 2. The van der Waals surface area contributed by atoms with Gasteiger partial charge in [-0.05, 0) is 46.0 Å². The van der Waals surface area contributed by atoms with Gasteiger partial charge in [-0.15, -0.1) is 0 Å². The Morgan fingerprint density at radius 2 is 1.63 bits per heavy atom. The molecule has 2 amide bonds. The van der Waals surface area contributed by atoms with E-state index in [0.29, 0.717) is 30.6 Å². The van der Waals surface area contributed by atoms with E-state index in [9.17, 15) is 14.4 Å². The fraction of sp³-hybridized carbons (Fsp3) is 0.522. The zero-order valence-electron chi connectivity index (χ0n) is 18.6. The molecule has 1 heterocycles. The van der Waals surface area contributed by atoms with Crippen LogP contribution in [0.15, 0.2) is 30.5 Å². The second-order valence-electron chi connectivity index (χ2n) is 7.22. The van der Waals surface area contributed by atoms with E-state index in [0.717, 1.165) is 31.6 Å². The maximum Gasteiger partial charge on any atom is 0.292 e. The monoisotopic (exact) mass is 414 g/mol. The van der Waals surface area contributed by atoms with Gasteiger partial charge in [-0.3, -0.25) is 14.4 Å². The normalized spacial score (nSPS) is 11.1. The number of benzene rings is 1. The summed E-state index contributed by atoms with van der Waals surface area (Å²) in [7, 11) is 0. The maximum atomic E-state index is 12.8. The van der Waals surface area contributed by atoms with Gasteiger partial charge in [-0.2, -0.15) is 0 Å². The smallest absolute Gasteiger partial charge is 0.292 e. The molecule has 0 aliphatic carbocycles. The van der Waals surface area contributed by atoms with E-state index < -0.39 is 11.7 Å². The minimum atomic E-state index is -0.604. The molecular formula is C23H34N4O3. The third-order valence-corrected chi connectivity index (χ3v) is 5.49. The molecular weight excluding hydrogens is 380 g/mol. The number of aromatic nitrogens is 1. The van der Waals surface area contributed by atoms with Gasteiger partial charge in [0.05, 0.1) is 5.56 Å². The van der Waals surface area contributed by atoms with Gasteiger partial charge in [0.15, 0.2) is 0 Å². The molecule has 0 fully saturated rings. The van der Waals surface area contributed by atoms with E-state index in [1.54, 1.807) is 15.7 Å². The van der Waals surface area contributed by atoms with Crippen LogP contribution in [-0.2, 0) is 16.1 Å². The van der Waals surface area contributed by atoms with Crippen molar-refractivity contribution in [2.45, 2.75) is 40.7 Å². The SMILES string of the molecule is CCN(CC)CCCNC(=O)C(=O)c1cn(CC(=O)N(CC)CC)c2ccccc12. The van der Waals surface area contributed by atoms with Crippen LogP contribution in [0.3, 0.4) is 0 Å². The molecule has 0 atom stereocenters. The highest BCUT2D eigenvalue weighted by molar-refractivity contribution is 6.45. The molecule has 0 unspecified atom stereocenters. The van der Waals surface area contributed by atoms with Gasteiger partial charge >= 0.3 is 0 Å². The standard InChI is InChI=1S/C23H34N4O3/c1-5-25(6-2)15-11-14-24-23(30)22(29)19-16-27(17-21(28)26(7-3)8-4)20-13-10-9-12-18(19)20/h9-10,12-13,16H,5-8,11,14-15,17H2,1-4H3,(H,24,30). The van der Waals surface area contributed by atoms with Crippen LogP contribution in [-0.4, -0.2) is 71.2 Å². The van der Waals surface area contributed by atoms with Gasteiger partial charge in [0.2, 0.25) is 5.91 Å². The minimum Gasteiger partial charge on any atom is -0.349 e. The van der Waals surface area contributed by atoms with Crippen molar-refractivity contribution in [1.82, 2.24) is 19.7 Å². The van der Waals surface area contributed by atoms with Crippen molar-refractivity contribution in [3.8, 4) is 0 Å². The fourth-order valence-electron chi connectivity index (χ4n) is 3.63. The van der Waals surface area contributed by atoms with Gasteiger partial charge in [-0.1, -0.05) is 32.0 Å². The molecule has 164 valence electrons. The minimum absolute atomic E-state index is 0.0133. The molecule has 0 saturated heterocycles. The lowest BCUT2D eigenvalue weighted by molar-refractivity contribution is -0.131. The molecule has 2 aromatic rings. The first kappa shape index (κ1) is 23.6. The molecule has 0 spiro atoms. The number of Topliss-reactive ketones (excluding diaryl/α,β-unsaturated/α-hetero) is 1. The van der Waals surface area contributed by atoms with Gasteiger partial charge < -0.3 is 19.7 Å². The Hall–Kier alpha value is -2.67. The summed E-state index contributed by atoms with van der Waals surface area (Å²) in [6, 6.07) is 7.37. The Labute approximate surface area is 179 Å². The average molecular weight is 415 g/mol. The number of fused-ring (bicyclic) bond motifs is 1. The van der Waals surface area contributed by atoms with Crippen LogP contribution in [0.4, 0.5) is 0 Å². The van der Waals surface area contributed by atoms with Gasteiger partial charge in [0, 0.05) is 36.7 Å². The molecule has 7 heteroatoms. The summed E-state index contributed by atoms with van der Waals surface area (Å²) in [5, 5.41) is 3.42. The fourth-order valence-corrected chi connectivity index (χ4v) is 3.63. The summed E-state index contributed by atoms with van der Waals surface area (Å²) in [6.07, 6.45) is 2.42. The number of hydrogen-bond acceptors (Lipinski definition) is 4. The predicted octanol–water partition coefficient (Wildman–Crippen LogP) is 2.54. The molecule has 0 aliphatic heterocycles. The first-order valence-electron chi connectivity index (χ1n) is 10.9. The summed E-state index contributed by atoms with van der Waals surface area (Å²) in [5.74, 6) is -1.18. The third kappa shape index (κ3) is 5.69. The number of likely N-dealkylation sites (N-methyl/N-ethyl adjacent to an activating group) is 1. The molecule has 0 bridgehead atoms. The molecule has 0 aliphatic rings. The van der Waals surface area contributed by atoms with Crippen molar-refractivity contribution in [2.75, 3.05) is 39.3 Å². The van der Waals surface area contributed by atoms with Gasteiger partial charge in [-0.25, -0.2) is 0 Å². The van der Waals surface area contributed by atoms with Crippen LogP contribution in [0.25, 0.3) is 10.9 Å². The highest BCUT2D eigenvalue weighted by Crippen LogP contribution is 2.22. The molecule has 30 heavy (non-hydrogen) atoms. The molecule has 0 saturated carbocycles. The van der Waals surface area contributed by atoms with Crippen LogP contribution < -0.4 is 5.32 Å². The van der Waals surface area contributed by atoms with E-state index >= 15 is 0 Å². The molecule has 7 nitrogen and oxygen atoms in total. The van der Waals surface area contributed by atoms with Crippen molar-refractivity contribution >= 4 is 28.5 Å². The predicted molar refractivity (Wildman–Crippen MR) is 120 cm³/mol. The van der Waals surface area contributed by atoms with Crippen molar-refractivity contribution < 1.29 is 14.4 Å². The number of carbonyl (C=O) groups is 3. The molecule has 2 rings (SSSR count). The van der Waals surface area contributed by atoms with Crippen molar-refractivity contribution in [2.24, 2.45) is 0 Å². The number of nitrogens with zero attached hydrogens (tertiary/aromatic N) is 3. The lowest BCUT2D eigenvalue weighted by Gasteiger charge is -2.19. The van der Waals surface area contributed by atoms with E-state index in [1.165, 1.54) is 0 Å². The zero-order chi connectivity index (χ0) is 22.1. The summed E-state index contributed by atoms with van der Waals surface area (Å²) >= 11 is 0. The number of hydrogen-bond donors (Lipinski definition) is 1. The van der Waals surface area contributed by atoms with Crippen LogP contribution in [0.5, 0.6) is 0 Å². The van der Waals surface area contributed by atoms with Crippen LogP contribution in [0, 0.1) is 0 Å². The summed E-state index contributed by atoms with van der Waals surface area (Å²) < 4.78 is 1.76. The van der Waals surface area contributed by atoms with Crippen molar-refractivity contribution in [1.29, 1.82) is 0 Å². The first-order chi connectivity index (χ1) is 14.5. The topological polar surface area (TPSA) is 74.6 Å². The van der Waals surface area contributed by atoms with E-state index in [-0.39, 0.29) is 12.5 Å². The number of rotatable bonds is 12. The molecule has 1 aromatic heterocycles. The second-order valence-corrected chi connectivity index (χ2v) is 7.22. The molecule has 1 N–H and O–H groups in total. The lowest BCUT2D eigenvalue weighted by atomic mass is 10.1.